The van der Waals surface area contributed by atoms with Crippen LogP contribution in [0, 0.1) is 18.8 Å². The lowest BCUT2D eigenvalue weighted by Crippen LogP contribution is -2.41. The molecule has 2 aromatic rings. The van der Waals surface area contributed by atoms with Gasteiger partial charge in [-0.25, -0.2) is 0 Å². The van der Waals surface area contributed by atoms with Gasteiger partial charge in [-0.3, -0.25) is 14.5 Å². The number of carbonyl (C=O) groups is 2. The van der Waals surface area contributed by atoms with Gasteiger partial charge in [0.2, 0.25) is 11.8 Å². The first-order valence-electron chi connectivity index (χ1n) is 9.60. The number of benzene rings is 1. The molecule has 30 heavy (non-hydrogen) atoms. The van der Waals surface area contributed by atoms with E-state index in [0.29, 0.717) is 35.3 Å². The zero-order valence-electron chi connectivity index (χ0n) is 16.7. The van der Waals surface area contributed by atoms with Gasteiger partial charge in [0.25, 0.3) is 0 Å². The van der Waals surface area contributed by atoms with Gasteiger partial charge in [-0.2, -0.15) is 0 Å². The minimum absolute atomic E-state index is 0.196. The maximum atomic E-state index is 13.3. The molecule has 1 aromatic heterocycles. The molecule has 9 nitrogen and oxygen atoms in total. The number of amides is 2. The van der Waals surface area contributed by atoms with E-state index in [2.05, 4.69) is 10.5 Å². The first-order valence-corrected chi connectivity index (χ1v) is 9.60. The Balaban J connectivity index is 1.42. The third kappa shape index (κ3) is 2.69. The van der Waals surface area contributed by atoms with Crippen molar-refractivity contribution in [2.75, 3.05) is 31.0 Å². The average molecular weight is 411 g/mol. The van der Waals surface area contributed by atoms with Gasteiger partial charge in [-0.05, 0) is 6.92 Å². The zero-order valence-corrected chi connectivity index (χ0v) is 16.7. The number of aromatic nitrogens is 1. The molecule has 2 amide bonds. The van der Waals surface area contributed by atoms with Gasteiger partial charge in [-0.1, -0.05) is 17.3 Å². The van der Waals surface area contributed by atoms with Crippen molar-refractivity contribution in [2.24, 2.45) is 11.8 Å². The maximum absolute atomic E-state index is 13.3. The zero-order chi connectivity index (χ0) is 21.0. The number of anilines is 2. The quantitative estimate of drug-likeness (QED) is 0.750. The fourth-order valence-corrected chi connectivity index (χ4v) is 4.58. The molecular formula is C21H21N3O6. The molecule has 1 N–H and O–H groups in total. The standard InChI is InChI=1S/C21H21N3O6/c1-11-6-16(23-30-11)24-10-21-5-4-15(29-21)17(18(21)20(24)26)19(25)22-12-7-13(27-2)9-14(8-12)28-3/h4-9,15,17-18H,10H2,1-3H3,(H,22,25)/t15-,17+,18-,21-/m0/s1. The second-order valence-corrected chi connectivity index (χ2v) is 7.71. The molecule has 0 aliphatic carbocycles. The molecule has 4 atom stereocenters. The van der Waals surface area contributed by atoms with Gasteiger partial charge < -0.3 is 24.1 Å². The summed E-state index contributed by atoms with van der Waals surface area (Å²) in [6.45, 7) is 2.06. The van der Waals surface area contributed by atoms with Gasteiger partial charge in [0.05, 0.1) is 38.7 Å². The van der Waals surface area contributed by atoms with E-state index in [1.165, 1.54) is 19.1 Å². The Hall–Kier alpha value is -3.33. The molecule has 0 saturated carbocycles. The number of nitrogens with zero attached hydrogens (tertiary/aromatic N) is 2. The van der Waals surface area contributed by atoms with E-state index in [-0.39, 0.29) is 11.8 Å². The number of methoxy groups -OCH3 is 2. The highest BCUT2D eigenvalue weighted by atomic mass is 16.5. The highest BCUT2D eigenvalue weighted by Gasteiger charge is 2.67. The summed E-state index contributed by atoms with van der Waals surface area (Å²) >= 11 is 0. The molecule has 1 aromatic carbocycles. The van der Waals surface area contributed by atoms with Gasteiger partial charge in [0, 0.05) is 30.0 Å². The van der Waals surface area contributed by atoms with Crippen molar-refractivity contribution < 1.29 is 28.3 Å². The van der Waals surface area contributed by atoms with Gasteiger partial charge in [0.15, 0.2) is 5.82 Å². The van der Waals surface area contributed by atoms with Crippen molar-refractivity contribution >= 4 is 23.3 Å². The number of nitrogens with one attached hydrogen (secondary N) is 1. The number of aryl methyl sites for hydroxylation is 1. The summed E-state index contributed by atoms with van der Waals surface area (Å²) in [6, 6.07) is 6.80. The predicted molar refractivity (Wildman–Crippen MR) is 105 cm³/mol. The summed E-state index contributed by atoms with van der Waals surface area (Å²) in [6.07, 6.45) is 3.30. The maximum Gasteiger partial charge on any atom is 0.235 e. The predicted octanol–water partition coefficient (Wildman–Crippen LogP) is 1.93. The van der Waals surface area contributed by atoms with Crippen molar-refractivity contribution in [3.8, 4) is 11.5 Å². The van der Waals surface area contributed by atoms with Crippen molar-refractivity contribution in [1.82, 2.24) is 5.16 Å². The summed E-state index contributed by atoms with van der Waals surface area (Å²) in [5.74, 6) is 0.364. The van der Waals surface area contributed by atoms with Crippen molar-refractivity contribution in [1.29, 1.82) is 0 Å². The van der Waals surface area contributed by atoms with E-state index < -0.39 is 23.5 Å². The van der Waals surface area contributed by atoms with E-state index in [4.69, 9.17) is 18.7 Å². The van der Waals surface area contributed by atoms with Crippen LogP contribution < -0.4 is 19.7 Å². The number of ether oxygens (including phenoxy) is 3. The number of hydrogen-bond acceptors (Lipinski definition) is 7. The average Bonchev–Trinajstić information content (AvgIpc) is 3.48. The Bertz CT molecular complexity index is 1040. The SMILES string of the molecule is COc1cc(NC(=O)[C@@H]2[C@@H]3C=C[C@@]4(CN(c5cc(C)on5)C(=O)[C@H]24)O3)cc(OC)c1. The lowest BCUT2D eigenvalue weighted by molar-refractivity contribution is -0.128. The van der Waals surface area contributed by atoms with Crippen LogP contribution >= 0.6 is 0 Å². The van der Waals surface area contributed by atoms with Crippen LogP contribution in [0.15, 0.2) is 40.9 Å². The Morgan fingerprint density at radius 1 is 1.23 bits per heavy atom. The largest absolute Gasteiger partial charge is 0.497 e. The first kappa shape index (κ1) is 18.7. The van der Waals surface area contributed by atoms with E-state index in [1.807, 2.05) is 12.2 Å². The Morgan fingerprint density at radius 2 is 1.97 bits per heavy atom. The molecule has 3 aliphatic rings. The minimum atomic E-state index is -0.831. The Morgan fingerprint density at radius 3 is 2.60 bits per heavy atom. The third-order valence-corrected chi connectivity index (χ3v) is 5.91. The molecule has 2 bridgehead atoms. The van der Waals surface area contributed by atoms with Crippen LogP contribution in [0.5, 0.6) is 11.5 Å². The van der Waals surface area contributed by atoms with Crippen molar-refractivity contribution in [2.45, 2.75) is 18.6 Å². The Kier molecular flexibility index (Phi) is 4.11. The summed E-state index contributed by atoms with van der Waals surface area (Å²) in [4.78, 5) is 28.0. The van der Waals surface area contributed by atoms with Crippen LogP contribution in [0.25, 0.3) is 0 Å². The summed E-state index contributed by atoms with van der Waals surface area (Å²) < 4.78 is 21.8. The van der Waals surface area contributed by atoms with Gasteiger partial charge in [0.1, 0.15) is 22.9 Å². The fourth-order valence-electron chi connectivity index (χ4n) is 4.58. The van der Waals surface area contributed by atoms with E-state index in [9.17, 15) is 9.59 Å². The number of carbonyl (C=O) groups excluding carboxylic acids is 2. The van der Waals surface area contributed by atoms with Crippen LogP contribution in [0.3, 0.4) is 0 Å². The molecule has 9 heteroatoms. The minimum Gasteiger partial charge on any atom is -0.497 e. The molecule has 1 spiro atoms. The molecule has 2 fully saturated rings. The van der Waals surface area contributed by atoms with Crippen LogP contribution in [-0.4, -0.2) is 49.4 Å². The van der Waals surface area contributed by atoms with Crippen molar-refractivity contribution in [3.63, 3.8) is 0 Å². The summed E-state index contributed by atoms with van der Waals surface area (Å²) in [5.41, 5.74) is -0.311. The number of fused-ring (bicyclic) bond motifs is 1. The van der Waals surface area contributed by atoms with E-state index >= 15 is 0 Å². The van der Waals surface area contributed by atoms with Crippen LogP contribution in [0.1, 0.15) is 5.76 Å². The second-order valence-electron chi connectivity index (χ2n) is 7.71. The number of rotatable bonds is 5. The lowest BCUT2D eigenvalue weighted by Gasteiger charge is -2.23. The fraction of sp³-hybridized carbons (Fsp3) is 0.381. The second kappa shape index (κ2) is 6.60. The van der Waals surface area contributed by atoms with Crippen LogP contribution in [-0.2, 0) is 14.3 Å². The summed E-state index contributed by atoms with van der Waals surface area (Å²) in [5, 5.41) is 6.84. The highest BCUT2D eigenvalue weighted by molar-refractivity contribution is 6.05. The normalized spacial score (nSPS) is 28.7. The molecule has 2 saturated heterocycles. The highest BCUT2D eigenvalue weighted by Crippen LogP contribution is 2.52. The van der Waals surface area contributed by atoms with Crippen LogP contribution in [0.4, 0.5) is 11.5 Å². The van der Waals surface area contributed by atoms with Crippen LogP contribution in [0.2, 0.25) is 0 Å². The lowest BCUT2D eigenvalue weighted by atomic mass is 9.77. The third-order valence-electron chi connectivity index (χ3n) is 5.91. The molecule has 5 rings (SSSR count). The van der Waals surface area contributed by atoms with Crippen molar-refractivity contribution in [3.05, 3.63) is 42.2 Å². The summed E-state index contributed by atoms with van der Waals surface area (Å²) in [7, 11) is 3.08. The molecule has 4 heterocycles. The van der Waals surface area contributed by atoms with E-state index in [1.54, 1.807) is 31.2 Å². The first-order chi connectivity index (χ1) is 14.4. The molecule has 156 valence electrons. The molecular weight excluding hydrogens is 390 g/mol. The number of hydrogen-bond donors (Lipinski definition) is 1. The molecule has 0 radical (unpaired) electrons. The smallest absolute Gasteiger partial charge is 0.235 e. The van der Waals surface area contributed by atoms with Gasteiger partial charge >= 0.3 is 0 Å². The topological polar surface area (TPSA) is 103 Å². The van der Waals surface area contributed by atoms with E-state index in [0.717, 1.165) is 0 Å². The Labute approximate surface area is 172 Å². The molecule has 0 unspecified atom stereocenters. The van der Waals surface area contributed by atoms with Gasteiger partial charge in [-0.15, -0.1) is 0 Å². The molecule has 3 aliphatic heterocycles. The monoisotopic (exact) mass is 411 g/mol.